The number of morpholine rings is 1. The summed E-state index contributed by atoms with van der Waals surface area (Å²) in [7, 11) is 0. The van der Waals surface area contributed by atoms with E-state index in [0.29, 0.717) is 5.82 Å². The minimum absolute atomic E-state index is 0.664. The fourth-order valence-corrected chi connectivity index (χ4v) is 4.43. The maximum Gasteiger partial charge on any atom is 0.295 e. The maximum absolute atomic E-state index is 6.21. The van der Waals surface area contributed by atoms with Crippen LogP contribution in [-0.4, -0.2) is 43.0 Å². The van der Waals surface area contributed by atoms with E-state index in [0.717, 1.165) is 63.4 Å². The molecule has 5 rings (SSSR count). The summed E-state index contributed by atoms with van der Waals surface area (Å²) in [6, 6.07) is 10.8. The van der Waals surface area contributed by atoms with Gasteiger partial charge in [-0.15, -0.1) is 0 Å². The van der Waals surface area contributed by atoms with Crippen molar-refractivity contribution in [3.05, 3.63) is 47.0 Å². The van der Waals surface area contributed by atoms with Gasteiger partial charge in [0.15, 0.2) is 0 Å². The summed E-state index contributed by atoms with van der Waals surface area (Å²) in [4.78, 5) is 7.55. The molecule has 1 aromatic carbocycles. The molecule has 4 heterocycles. The molecule has 1 atom stereocenters. The molecule has 1 unspecified atom stereocenters. The average Bonchev–Trinajstić information content (AvgIpc) is 3.10. The monoisotopic (exact) mass is 366 g/mol. The summed E-state index contributed by atoms with van der Waals surface area (Å²) >= 11 is 0. The number of aromatic nitrogens is 3. The lowest BCUT2D eigenvalue weighted by atomic mass is 9.96. The molecule has 2 aliphatic rings. The van der Waals surface area contributed by atoms with Crippen LogP contribution in [0.3, 0.4) is 0 Å². The Morgan fingerprint density at radius 2 is 2.00 bits per heavy atom. The van der Waals surface area contributed by atoms with E-state index in [-0.39, 0.29) is 0 Å². The van der Waals surface area contributed by atoms with Crippen molar-refractivity contribution in [3.63, 3.8) is 0 Å². The van der Waals surface area contributed by atoms with Gasteiger partial charge in [-0.2, -0.15) is 5.10 Å². The van der Waals surface area contributed by atoms with E-state index in [9.17, 15) is 0 Å². The number of pyridine rings is 1. The van der Waals surface area contributed by atoms with Crippen molar-refractivity contribution < 1.29 is 14.6 Å². The van der Waals surface area contributed by atoms with Crippen LogP contribution in [-0.2, 0) is 24.2 Å². The van der Waals surface area contributed by atoms with Crippen LogP contribution in [0.15, 0.2) is 30.3 Å². The first-order valence-electron chi connectivity index (χ1n) is 9.70. The topological polar surface area (TPSA) is 85.8 Å². The Morgan fingerprint density at radius 3 is 2.81 bits per heavy atom. The molecule has 1 saturated heterocycles. The number of benzene rings is 1. The minimum Gasteiger partial charge on any atom is -0.382 e. The average molecular weight is 366 g/mol. The van der Waals surface area contributed by atoms with E-state index in [1.54, 1.807) is 4.90 Å². The number of quaternary nitrogens is 1. The van der Waals surface area contributed by atoms with E-state index >= 15 is 0 Å². The van der Waals surface area contributed by atoms with Gasteiger partial charge >= 0.3 is 0 Å². The summed E-state index contributed by atoms with van der Waals surface area (Å²) in [6.07, 6.45) is 1.02. The number of ether oxygens (including phenoxy) is 1. The molecule has 27 heavy (non-hydrogen) atoms. The highest BCUT2D eigenvalue weighted by atomic mass is 16.5. The number of aromatic amines is 2. The van der Waals surface area contributed by atoms with Crippen molar-refractivity contribution in [1.82, 2.24) is 10.2 Å². The zero-order valence-electron chi connectivity index (χ0n) is 15.4. The summed E-state index contributed by atoms with van der Waals surface area (Å²) in [5.41, 5.74) is 11.2. The van der Waals surface area contributed by atoms with Crippen molar-refractivity contribution in [3.8, 4) is 0 Å². The third kappa shape index (κ3) is 3.02. The number of nitrogens with two attached hydrogens (primary N) is 1. The number of rotatable bonds is 3. The van der Waals surface area contributed by atoms with Crippen LogP contribution in [0, 0.1) is 0 Å². The minimum atomic E-state index is 0.664. The zero-order chi connectivity index (χ0) is 18.2. The Kier molecular flexibility index (Phi) is 4.18. The molecule has 5 N–H and O–H groups in total. The van der Waals surface area contributed by atoms with Crippen LogP contribution in [0.4, 0.5) is 11.6 Å². The standard InChI is InChI=1S/C20H24N6O/c21-18-17-15-6-7-25(12-14-4-2-1-3-5-14)13-16(15)20(22-19(17)24-23-18)26-8-10-27-11-9-26/h1-5H,6-13H2,(H3,21,22,23,24)/p+2. The fourth-order valence-electron chi connectivity index (χ4n) is 4.43. The van der Waals surface area contributed by atoms with Crippen LogP contribution in [0.25, 0.3) is 11.0 Å². The third-order valence-electron chi connectivity index (χ3n) is 5.76. The van der Waals surface area contributed by atoms with Gasteiger partial charge in [-0.3, -0.25) is 4.90 Å². The molecule has 3 aromatic rings. The summed E-state index contributed by atoms with van der Waals surface area (Å²) < 4.78 is 5.55. The Bertz CT molecular complexity index is 948. The number of hydrogen-bond donors (Lipinski definition) is 3. The van der Waals surface area contributed by atoms with Crippen LogP contribution in [0.5, 0.6) is 0 Å². The van der Waals surface area contributed by atoms with Gasteiger partial charge < -0.3 is 15.4 Å². The largest absolute Gasteiger partial charge is 0.382 e. The molecule has 0 spiro atoms. The molecule has 7 nitrogen and oxygen atoms in total. The SMILES string of the molecule is Nc1[nH]nc2[nH+]c(N3CCOCC3)c3c(c12)CC[NH+](Cc1ccccc1)C3. The molecule has 7 heteroatoms. The molecule has 2 aliphatic heterocycles. The van der Waals surface area contributed by atoms with Crippen LogP contribution >= 0.6 is 0 Å². The first-order valence-corrected chi connectivity index (χ1v) is 9.70. The van der Waals surface area contributed by atoms with Crippen molar-refractivity contribution in [2.45, 2.75) is 19.5 Å². The van der Waals surface area contributed by atoms with E-state index in [2.05, 4.69) is 50.4 Å². The molecule has 0 radical (unpaired) electrons. The second kappa shape index (κ2) is 6.83. The van der Waals surface area contributed by atoms with E-state index in [1.807, 2.05) is 0 Å². The van der Waals surface area contributed by atoms with Crippen LogP contribution in [0.1, 0.15) is 16.7 Å². The number of nitrogen functional groups attached to an aromatic ring is 1. The molecular formula is C20H26N6O+2. The van der Waals surface area contributed by atoms with Gasteiger partial charge in [-0.1, -0.05) is 30.3 Å². The van der Waals surface area contributed by atoms with Crippen molar-refractivity contribution in [2.75, 3.05) is 43.5 Å². The summed E-state index contributed by atoms with van der Waals surface area (Å²) in [6.45, 7) is 6.49. The first kappa shape index (κ1) is 16.5. The lowest BCUT2D eigenvalue weighted by Gasteiger charge is -2.30. The van der Waals surface area contributed by atoms with Gasteiger partial charge in [0.1, 0.15) is 18.9 Å². The second-order valence-corrected chi connectivity index (χ2v) is 7.48. The number of anilines is 2. The lowest BCUT2D eigenvalue weighted by Crippen LogP contribution is -3.10. The Balaban J connectivity index is 1.54. The molecule has 0 bridgehead atoms. The molecule has 0 aliphatic carbocycles. The van der Waals surface area contributed by atoms with E-state index in [4.69, 9.17) is 10.5 Å². The van der Waals surface area contributed by atoms with Gasteiger partial charge in [-0.05, 0) is 10.7 Å². The molecule has 0 amide bonds. The van der Waals surface area contributed by atoms with Gasteiger partial charge in [0.25, 0.3) is 5.65 Å². The summed E-state index contributed by atoms with van der Waals surface area (Å²) in [5.74, 6) is 1.86. The van der Waals surface area contributed by atoms with Crippen molar-refractivity contribution >= 4 is 22.7 Å². The molecule has 140 valence electrons. The smallest absolute Gasteiger partial charge is 0.295 e. The molecule has 0 saturated carbocycles. The van der Waals surface area contributed by atoms with Crippen LogP contribution < -0.4 is 20.5 Å². The summed E-state index contributed by atoms with van der Waals surface area (Å²) in [5, 5.41) is 8.42. The normalized spacial score (nSPS) is 20.0. The van der Waals surface area contributed by atoms with Gasteiger partial charge in [-0.25, -0.2) is 4.98 Å². The quantitative estimate of drug-likeness (QED) is 0.606. The Morgan fingerprint density at radius 1 is 1.19 bits per heavy atom. The molecular weight excluding hydrogens is 340 g/mol. The Labute approximate surface area is 158 Å². The highest BCUT2D eigenvalue weighted by Gasteiger charge is 2.33. The van der Waals surface area contributed by atoms with Crippen molar-refractivity contribution in [1.29, 1.82) is 0 Å². The number of hydrogen-bond acceptors (Lipinski definition) is 4. The van der Waals surface area contributed by atoms with Gasteiger partial charge in [0.05, 0.1) is 43.8 Å². The highest BCUT2D eigenvalue weighted by Crippen LogP contribution is 2.30. The zero-order valence-corrected chi connectivity index (χ0v) is 15.4. The highest BCUT2D eigenvalue weighted by molar-refractivity contribution is 5.89. The Hall–Kier alpha value is -2.64. The number of nitrogens with one attached hydrogen (secondary N) is 3. The predicted octanol–water partition coefficient (Wildman–Crippen LogP) is -0.0630. The maximum atomic E-state index is 6.21. The number of fused-ring (bicyclic) bond motifs is 3. The fraction of sp³-hybridized carbons (Fsp3) is 0.400. The molecule has 2 aromatic heterocycles. The van der Waals surface area contributed by atoms with Crippen molar-refractivity contribution in [2.24, 2.45) is 0 Å². The predicted molar refractivity (Wildman–Crippen MR) is 103 cm³/mol. The first-order chi connectivity index (χ1) is 13.3. The second-order valence-electron chi connectivity index (χ2n) is 7.48. The number of H-pyrrole nitrogens is 2. The van der Waals surface area contributed by atoms with E-state index in [1.165, 1.54) is 22.5 Å². The van der Waals surface area contributed by atoms with Gasteiger partial charge in [0.2, 0.25) is 5.82 Å². The molecule has 1 fully saturated rings. The third-order valence-corrected chi connectivity index (χ3v) is 5.76. The number of nitrogens with zero attached hydrogens (tertiary/aromatic N) is 2. The van der Waals surface area contributed by atoms with Crippen LogP contribution in [0.2, 0.25) is 0 Å². The van der Waals surface area contributed by atoms with E-state index < -0.39 is 0 Å². The van der Waals surface area contributed by atoms with Gasteiger partial charge in [0, 0.05) is 12.0 Å². The lowest BCUT2D eigenvalue weighted by molar-refractivity contribution is -0.929.